The number of hydrogen-bond donors (Lipinski definition) is 3. The van der Waals surface area contributed by atoms with E-state index >= 15 is 0 Å². The summed E-state index contributed by atoms with van der Waals surface area (Å²) in [7, 11) is -9.96. The molecule has 590 valence electrons. The molecule has 102 heavy (non-hydrogen) atoms. The summed E-state index contributed by atoms with van der Waals surface area (Å²) < 4.78 is 68.6. The fourth-order valence-electron chi connectivity index (χ4n) is 10.9. The average molecular weight is 1480 g/mol. The number of carbonyl (C=O) groups is 4. The summed E-state index contributed by atoms with van der Waals surface area (Å²) in [5.41, 5.74) is 0. The minimum Gasteiger partial charge on any atom is -0.462 e. The van der Waals surface area contributed by atoms with E-state index in [9.17, 15) is 43.2 Å². The monoisotopic (exact) mass is 1480 g/mol. The van der Waals surface area contributed by atoms with Crippen molar-refractivity contribution < 1.29 is 80.2 Å². The Morgan fingerprint density at radius 2 is 0.510 bits per heavy atom. The fourth-order valence-corrected chi connectivity index (χ4v) is 12.4. The van der Waals surface area contributed by atoms with Crippen LogP contribution in [0.1, 0.15) is 349 Å². The number of rotatable bonds is 76. The van der Waals surface area contributed by atoms with Crippen LogP contribution in [-0.4, -0.2) is 96.7 Å². The highest BCUT2D eigenvalue weighted by molar-refractivity contribution is 7.47. The maximum absolute atomic E-state index is 13.1. The minimum atomic E-state index is -4.98. The predicted octanol–water partition coefficient (Wildman–Crippen LogP) is 23.6. The lowest BCUT2D eigenvalue weighted by atomic mass is 10.1. The largest absolute Gasteiger partial charge is 0.472 e. The highest BCUT2D eigenvalue weighted by Crippen LogP contribution is 2.45. The number of phosphoric ester groups is 2. The lowest BCUT2D eigenvalue weighted by Gasteiger charge is -2.21. The van der Waals surface area contributed by atoms with Crippen molar-refractivity contribution in [1.82, 2.24) is 0 Å². The molecule has 3 N–H and O–H groups in total. The Labute approximate surface area is 620 Å². The van der Waals surface area contributed by atoms with Crippen molar-refractivity contribution in [2.75, 3.05) is 39.6 Å². The van der Waals surface area contributed by atoms with Gasteiger partial charge in [-0.25, -0.2) is 9.13 Å². The predicted molar refractivity (Wildman–Crippen MR) is 418 cm³/mol. The van der Waals surface area contributed by atoms with Gasteiger partial charge in [0.2, 0.25) is 0 Å². The van der Waals surface area contributed by atoms with Crippen LogP contribution >= 0.6 is 15.6 Å². The van der Waals surface area contributed by atoms with Crippen molar-refractivity contribution in [3.8, 4) is 0 Å². The molecule has 0 fully saturated rings. The molecular weight excluding hydrogens is 1330 g/mol. The Hall–Kier alpha value is -4.02. The first-order valence-corrected chi connectivity index (χ1v) is 43.5. The molecule has 0 saturated carbocycles. The second-order valence-corrected chi connectivity index (χ2v) is 29.9. The van der Waals surface area contributed by atoms with E-state index in [-0.39, 0.29) is 25.7 Å². The summed E-state index contributed by atoms with van der Waals surface area (Å²) in [6.07, 6.45) is 79.5. The maximum atomic E-state index is 13.1. The molecule has 0 aromatic heterocycles. The van der Waals surface area contributed by atoms with E-state index < -0.39 is 97.5 Å². The van der Waals surface area contributed by atoms with Crippen LogP contribution in [0.5, 0.6) is 0 Å². The molecule has 0 aromatic carbocycles. The molecule has 0 bridgehead atoms. The van der Waals surface area contributed by atoms with Gasteiger partial charge in [-0.3, -0.25) is 37.3 Å². The first-order chi connectivity index (χ1) is 49.7. The van der Waals surface area contributed by atoms with Crippen LogP contribution < -0.4 is 0 Å². The summed E-state index contributed by atoms with van der Waals surface area (Å²) in [5.74, 6) is -2.20. The average Bonchev–Trinajstić information content (AvgIpc) is 0.926. The molecule has 0 aromatic rings. The highest BCUT2D eigenvalue weighted by atomic mass is 31.2. The van der Waals surface area contributed by atoms with Crippen molar-refractivity contribution in [3.63, 3.8) is 0 Å². The van der Waals surface area contributed by atoms with Crippen molar-refractivity contribution in [2.45, 2.75) is 367 Å². The molecule has 0 spiro atoms. The molecule has 19 heteroatoms. The van der Waals surface area contributed by atoms with Gasteiger partial charge in [-0.05, 0) is 128 Å². The second kappa shape index (κ2) is 75.2. The van der Waals surface area contributed by atoms with E-state index in [1.165, 1.54) is 96.3 Å². The first-order valence-electron chi connectivity index (χ1n) is 40.5. The minimum absolute atomic E-state index is 0.0829. The van der Waals surface area contributed by atoms with Crippen LogP contribution in [0.25, 0.3) is 0 Å². The molecule has 0 aliphatic carbocycles. The molecule has 5 unspecified atom stereocenters. The van der Waals surface area contributed by atoms with E-state index in [2.05, 4.69) is 125 Å². The van der Waals surface area contributed by atoms with E-state index in [0.29, 0.717) is 25.7 Å². The molecule has 0 saturated heterocycles. The summed E-state index contributed by atoms with van der Waals surface area (Å²) in [6.45, 7) is 4.71. The lowest BCUT2D eigenvalue weighted by molar-refractivity contribution is -0.161. The van der Waals surface area contributed by atoms with Crippen LogP contribution in [0.3, 0.4) is 0 Å². The van der Waals surface area contributed by atoms with Gasteiger partial charge in [0.25, 0.3) is 0 Å². The molecule has 0 aliphatic heterocycles. The topological polar surface area (TPSA) is 237 Å². The van der Waals surface area contributed by atoms with Crippen molar-refractivity contribution >= 4 is 39.5 Å². The SMILES string of the molecule is CC/C=C\C/C=C\C/C=C\C/C=C\CCCCCCC(=O)OCC(COP(=O)(O)OCC(O)COP(=O)(O)OCC(COC(=O)CCCCCCCC/C=C\C/C=C\C/C=C\CCCCC)OC(=O)CCCCCCC/C=C\CCCCCCCC)OC(=O)CCCCCCCCCCCCC. The third-order valence-corrected chi connectivity index (χ3v) is 18.9. The molecular formula is C83H146O17P2. The third kappa shape index (κ3) is 74.3. The summed E-state index contributed by atoms with van der Waals surface area (Å²) in [5, 5.41) is 10.6. The van der Waals surface area contributed by atoms with Crippen molar-refractivity contribution in [1.29, 1.82) is 0 Å². The quantitative estimate of drug-likeness (QED) is 0.0169. The highest BCUT2D eigenvalue weighted by Gasteiger charge is 2.30. The molecule has 0 heterocycles. The molecule has 17 nitrogen and oxygen atoms in total. The number of ether oxygens (including phenoxy) is 4. The second-order valence-electron chi connectivity index (χ2n) is 27.0. The number of esters is 4. The summed E-state index contributed by atoms with van der Waals surface area (Å²) in [6, 6.07) is 0. The number of allylic oxidation sites excluding steroid dienone is 16. The molecule has 0 radical (unpaired) electrons. The molecule has 0 aliphatic rings. The van der Waals surface area contributed by atoms with Crippen molar-refractivity contribution in [2.24, 2.45) is 0 Å². The summed E-state index contributed by atoms with van der Waals surface area (Å²) in [4.78, 5) is 73.0. The van der Waals surface area contributed by atoms with Crippen molar-refractivity contribution in [3.05, 3.63) is 97.2 Å². The Kier molecular flexibility index (Phi) is 72.3. The lowest BCUT2D eigenvalue weighted by Crippen LogP contribution is -2.30. The van der Waals surface area contributed by atoms with Crippen LogP contribution in [0.2, 0.25) is 0 Å². The van der Waals surface area contributed by atoms with Gasteiger partial charge < -0.3 is 33.8 Å². The van der Waals surface area contributed by atoms with Gasteiger partial charge in [0, 0.05) is 25.7 Å². The normalized spacial score (nSPS) is 14.4. The van der Waals surface area contributed by atoms with Gasteiger partial charge in [-0.15, -0.1) is 0 Å². The van der Waals surface area contributed by atoms with E-state index in [4.69, 9.17) is 37.0 Å². The van der Waals surface area contributed by atoms with Crippen LogP contribution in [-0.2, 0) is 65.4 Å². The number of unbranched alkanes of at least 4 members (excludes halogenated alkanes) is 34. The Morgan fingerprint density at radius 1 is 0.284 bits per heavy atom. The number of phosphoric acid groups is 2. The Morgan fingerprint density at radius 3 is 0.814 bits per heavy atom. The van der Waals surface area contributed by atoms with E-state index in [0.717, 1.165) is 173 Å². The van der Waals surface area contributed by atoms with E-state index in [1.54, 1.807) is 0 Å². The standard InChI is InChI=1S/C83H146O17P2/c1-5-9-13-17-21-25-29-32-35-37-38-40-43-45-49-52-56-60-64-68-81(86)94-74-79(100-83(88)70-66-62-58-54-50-46-41-34-31-27-23-19-15-11-7-3)76-98-102(91,92)96-72-77(84)71-95-101(89,90)97-75-78(99-82(87)69-65-61-57-53-47-28-24-20-16-12-8-4)73-93-80(85)67-63-59-55-51-48-44-42-39-36-33-30-26-22-18-14-10-6-2/h10,14,21-22,25-26,32-36,38,40-42,44,77-79,84H,5-9,11-13,15-20,23-24,27-31,37,39,43,45-76H2,1-4H3,(H,89,90)(H,91,92)/b14-10-,25-21-,26-22-,35-32-,36-33-,40-38-,41-34-,44-42-. The van der Waals surface area contributed by atoms with Gasteiger partial charge in [-0.1, -0.05) is 292 Å². The maximum Gasteiger partial charge on any atom is 0.472 e. The molecule has 5 atom stereocenters. The third-order valence-electron chi connectivity index (χ3n) is 17.0. The van der Waals surface area contributed by atoms with Crippen LogP contribution in [0, 0.1) is 0 Å². The number of aliphatic hydroxyl groups is 1. The smallest absolute Gasteiger partial charge is 0.462 e. The first kappa shape index (κ1) is 98.0. The Balaban J connectivity index is 5.34. The number of hydrogen-bond acceptors (Lipinski definition) is 15. The van der Waals surface area contributed by atoms with E-state index in [1.807, 2.05) is 0 Å². The van der Waals surface area contributed by atoms with Gasteiger partial charge in [-0.2, -0.15) is 0 Å². The van der Waals surface area contributed by atoms with Crippen LogP contribution in [0.15, 0.2) is 97.2 Å². The Bertz CT molecular complexity index is 2310. The molecule has 0 rings (SSSR count). The zero-order valence-electron chi connectivity index (χ0n) is 64.5. The summed E-state index contributed by atoms with van der Waals surface area (Å²) >= 11 is 0. The van der Waals surface area contributed by atoms with Gasteiger partial charge >= 0.3 is 39.5 Å². The molecule has 0 amide bonds. The zero-order valence-corrected chi connectivity index (χ0v) is 66.3. The zero-order chi connectivity index (χ0) is 74.6. The van der Waals surface area contributed by atoms with Crippen LogP contribution in [0.4, 0.5) is 0 Å². The van der Waals surface area contributed by atoms with Gasteiger partial charge in [0.05, 0.1) is 26.4 Å². The fraction of sp³-hybridized carbons (Fsp3) is 0.759. The van der Waals surface area contributed by atoms with Gasteiger partial charge in [0.1, 0.15) is 19.3 Å². The number of aliphatic hydroxyl groups excluding tert-OH is 1. The number of carbonyl (C=O) groups excluding carboxylic acids is 4. The van der Waals surface area contributed by atoms with Gasteiger partial charge in [0.15, 0.2) is 12.2 Å².